The van der Waals surface area contributed by atoms with Crippen molar-refractivity contribution in [1.82, 2.24) is 5.32 Å². The molecule has 21 heavy (non-hydrogen) atoms. The van der Waals surface area contributed by atoms with Gasteiger partial charge in [-0.1, -0.05) is 26.0 Å². The van der Waals surface area contributed by atoms with Gasteiger partial charge in [-0.15, -0.1) is 0 Å². The van der Waals surface area contributed by atoms with Crippen molar-refractivity contribution in [1.29, 1.82) is 0 Å². The van der Waals surface area contributed by atoms with Crippen molar-refractivity contribution in [2.75, 3.05) is 6.54 Å². The van der Waals surface area contributed by atoms with Gasteiger partial charge in [0.05, 0.1) is 6.10 Å². The minimum absolute atomic E-state index is 0.178. The molecule has 118 valence electrons. The standard InChI is InChI=1S/C17H27NO3/c1-5-11-18-17(4,16(19)20)12-13(3)21-15-9-7-14(6-2)8-10-15/h7-10,13,18H,5-6,11-12H2,1-4H3,(H,19,20). The van der Waals surface area contributed by atoms with Gasteiger partial charge >= 0.3 is 5.97 Å². The molecule has 0 radical (unpaired) electrons. The summed E-state index contributed by atoms with van der Waals surface area (Å²) in [5.74, 6) is -0.0596. The van der Waals surface area contributed by atoms with Crippen LogP contribution in [0.3, 0.4) is 0 Å². The average molecular weight is 293 g/mol. The van der Waals surface area contributed by atoms with Gasteiger partial charge in [0.1, 0.15) is 11.3 Å². The Morgan fingerprint density at radius 3 is 2.43 bits per heavy atom. The third-order valence-electron chi connectivity index (χ3n) is 3.60. The van der Waals surface area contributed by atoms with Gasteiger partial charge in [-0.25, -0.2) is 0 Å². The van der Waals surface area contributed by atoms with Gasteiger partial charge in [0.2, 0.25) is 0 Å². The third-order valence-corrected chi connectivity index (χ3v) is 3.60. The SMILES string of the molecule is CCCNC(C)(CC(C)Oc1ccc(CC)cc1)C(=O)O. The predicted octanol–water partition coefficient (Wildman–Crippen LogP) is 3.25. The van der Waals surface area contributed by atoms with Crippen molar-refractivity contribution >= 4 is 5.97 Å². The average Bonchev–Trinajstić information content (AvgIpc) is 2.45. The summed E-state index contributed by atoms with van der Waals surface area (Å²) in [6.45, 7) is 8.43. The molecule has 2 N–H and O–H groups in total. The minimum Gasteiger partial charge on any atom is -0.491 e. The molecule has 0 saturated carbocycles. The summed E-state index contributed by atoms with van der Waals surface area (Å²) >= 11 is 0. The first-order valence-electron chi connectivity index (χ1n) is 7.65. The lowest BCUT2D eigenvalue weighted by Gasteiger charge is -2.29. The highest BCUT2D eigenvalue weighted by Crippen LogP contribution is 2.19. The molecule has 0 aliphatic heterocycles. The number of carbonyl (C=O) groups is 1. The molecular formula is C17H27NO3. The number of aryl methyl sites for hydroxylation is 1. The number of hydrogen-bond donors (Lipinski definition) is 2. The van der Waals surface area contributed by atoms with Gasteiger partial charge < -0.3 is 15.2 Å². The van der Waals surface area contributed by atoms with E-state index in [4.69, 9.17) is 4.74 Å². The summed E-state index contributed by atoms with van der Waals surface area (Å²) in [6.07, 6.45) is 2.13. The predicted molar refractivity (Wildman–Crippen MR) is 84.9 cm³/mol. The summed E-state index contributed by atoms with van der Waals surface area (Å²) in [4.78, 5) is 11.5. The first-order chi connectivity index (χ1) is 9.91. The number of carboxylic acid groups (broad SMARTS) is 1. The van der Waals surface area contributed by atoms with Crippen molar-refractivity contribution in [3.63, 3.8) is 0 Å². The van der Waals surface area contributed by atoms with Crippen LogP contribution in [0.4, 0.5) is 0 Å². The molecule has 1 rings (SSSR count). The Morgan fingerprint density at radius 1 is 1.33 bits per heavy atom. The van der Waals surface area contributed by atoms with E-state index in [9.17, 15) is 9.90 Å². The van der Waals surface area contributed by atoms with Crippen LogP contribution in [0.2, 0.25) is 0 Å². The first-order valence-corrected chi connectivity index (χ1v) is 7.65. The number of nitrogens with one attached hydrogen (secondary N) is 1. The van der Waals surface area contributed by atoms with E-state index in [0.717, 1.165) is 18.6 Å². The number of aliphatic carboxylic acids is 1. The van der Waals surface area contributed by atoms with Crippen molar-refractivity contribution in [3.05, 3.63) is 29.8 Å². The molecule has 0 amide bonds. The van der Waals surface area contributed by atoms with Gasteiger partial charge in [0.25, 0.3) is 0 Å². The van der Waals surface area contributed by atoms with Crippen LogP contribution in [0.1, 0.15) is 46.1 Å². The summed E-state index contributed by atoms with van der Waals surface area (Å²) in [6, 6.07) is 7.95. The van der Waals surface area contributed by atoms with Gasteiger partial charge in [-0.05, 0) is 50.9 Å². The normalized spacial score (nSPS) is 15.2. The zero-order chi connectivity index (χ0) is 15.9. The van der Waals surface area contributed by atoms with Crippen LogP contribution in [-0.4, -0.2) is 29.3 Å². The zero-order valence-corrected chi connectivity index (χ0v) is 13.5. The van der Waals surface area contributed by atoms with Gasteiger partial charge in [-0.3, -0.25) is 4.79 Å². The maximum atomic E-state index is 11.5. The Morgan fingerprint density at radius 2 is 1.95 bits per heavy atom. The summed E-state index contributed by atoms with van der Waals surface area (Å²) < 4.78 is 5.84. The molecule has 1 aromatic carbocycles. The van der Waals surface area contributed by atoms with Crippen molar-refractivity contribution in [2.45, 2.75) is 58.6 Å². The minimum atomic E-state index is -0.960. The van der Waals surface area contributed by atoms with E-state index in [1.54, 1.807) is 6.92 Å². The lowest BCUT2D eigenvalue weighted by atomic mass is 9.94. The van der Waals surface area contributed by atoms with Crippen LogP contribution in [-0.2, 0) is 11.2 Å². The van der Waals surface area contributed by atoms with E-state index >= 15 is 0 Å². The Hall–Kier alpha value is -1.55. The second kappa shape index (κ2) is 8.03. The fourth-order valence-corrected chi connectivity index (χ4v) is 2.29. The quantitative estimate of drug-likeness (QED) is 0.734. The third kappa shape index (κ3) is 5.38. The topological polar surface area (TPSA) is 58.6 Å². The van der Waals surface area contributed by atoms with Crippen LogP contribution in [0.5, 0.6) is 5.75 Å². The van der Waals surface area contributed by atoms with E-state index < -0.39 is 11.5 Å². The summed E-state index contributed by atoms with van der Waals surface area (Å²) in [7, 11) is 0. The molecule has 0 bridgehead atoms. The molecule has 4 nitrogen and oxygen atoms in total. The monoisotopic (exact) mass is 293 g/mol. The van der Waals surface area contributed by atoms with E-state index in [2.05, 4.69) is 12.2 Å². The van der Waals surface area contributed by atoms with E-state index in [1.165, 1.54) is 5.56 Å². The van der Waals surface area contributed by atoms with Gasteiger partial charge in [0.15, 0.2) is 0 Å². The smallest absolute Gasteiger partial charge is 0.323 e. The van der Waals surface area contributed by atoms with Crippen LogP contribution in [0.25, 0.3) is 0 Å². The second-order valence-corrected chi connectivity index (χ2v) is 5.69. The molecule has 1 aromatic rings. The molecular weight excluding hydrogens is 266 g/mol. The number of ether oxygens (including phenoxy) is 1. The fourth-order valence-electron chi connectivity index (χ4n) is 2.29. The fraction of sp³-hybridized carbons (Fsp3) is 0.588. The van der Waals surface area contributed by atoms with Crippen LogP contribution in [0, 0.1) is 0 Å². The Kier molecular flexibility index (Phi) is 6.69. The highest BCUT2D eigenvalue weighted by atomic mass is 16.5. The molecule has 2 unspecified atom stereocenters. The van der Waals surface area contributed by atoms with Crippen LogP contribution < -0.4 is 10.1 Å². The van der Waals surface area contributed by atoms with Crippen molar-refractivity contribution < 1.29 is 14.6 Å². The summed E-state index contributed by atoms with van der Waals surface area (Å²) in [5.41, 5.74) is 0.300. The van der Waals surface area contributed by atoms with E-state index in [0.29, 0.717) is 13.0 Å². The maximum absolute atomic E-state index is 11.5. The molecule has 4 heteroatoms. The number of benzene rings is 1. The van der Waals surface area contributed by atoms with Crippen LogP contribution >= 0.6 is 0 Å². The number of carboxylic acids is 1. The maximum Gasteiger partial charge on any atom is 0.323 e. The zero-order valence-electron chi connectivity index (χ0n) is 13.5. The second-order valence-electron chi connectivity index (χ2n) is 5.69. The molecule has 0 aliphatic carbocycles. The van der Waals surface area contributed by atoms with Gasteiger partial charge in [0, 0.05) is 6.42 Å². The molecule has 0 spiro atoms. The summed E-state index contributed by atoms with van der Waals surface area (Å²) in [5, 5.41) is 12.5. The highest BCUT2D eigenvalue weighted by molar-refractivity contribution is 5.78. The molecule has 0 heterocycles. The number of hydrogen-bond acceptors (Lipinski definition) is 3. The highest BCUT2D eigenvalue weighted by Gasteiger charge is 2.34. The molecule has 0 saturated heterocycles. The first kappa shape index (κ1) is 17.5. The Balaban J connectivity index is 2.64. The Bertz CT molecular complexity index is 444. The number of rotatable bonds is 9. The van der Waals surface area contributed by atoms with Crippen LogP contribution in [0.15, 0.2) is 24.3 Å². The lowest BCUT2D eigenvalue weighted by Crippen LogP contribution is -2.52. The molecule has 0 fully saturated rings. The van der Waals surface area contributed by atoms with Gasteiger partial charge in [-0.2, -0.15) is 0 Å². The Labute approximate surface area is 127 Å². The lowest BCUT2D eigenvalue weighted by molar-refractivity contribution is -0.145. The van der Waals surface area contributed by atoms with E-state index in [1.807, 2.05) is 38.1 Å². The molecule has 0 aromatic heterocycles. The van der Waals surface area contributed by atoms with Crippen molar-refractivity contribution in [2.24, 2.45) is 0 Å². The van der Waals surface area contributed by atoms with Crippen molar-refractivity contribution in [3.8, 4) is 5.75 Å². The van der Waals surface area contributed by atoms with E-state index in [-0.39, 0.29) is 6.10 Å². The largest absolute Gasteiger partial charge is 0.491 e. The molecule has 2 atom stereocenters. The molecule has 0 aliphatic rings.